The molecular weight excluding hydrogens is 396 g/mol. The van der Waals surface area contributed by atoms with E-state index in [1.807, 2.05) is 0 Å². The highest BCUT2D eigenvalue weighted by Crippen LogP contribution is 2.21. The minimum atomic E-state index is -1.05. The van der Waals surface area contributed by atoms with Gasteiger partial charge in [-0.3, -0.25) is 20.0 Å². The van der Waals surface area contributed by atoms with Crippen molar-refractivity contribution in [3.63, 3.8) is 0 Å². The maximum Gasteiger partial charge on any atom is 0.275 e. The van der Waals surface area contributed by atoms with Crippen LogP contribution in [0, 0.1) is 11.6 Å². The van der Waals surface area contributed by atoms with Crippen LogP contribution in [0.2, 0.25) is 0 Å². The quantitative estimate of drug-likeness (QED) is 0.766. The summed E-state index contributed by atoms with van der Waals surface area (Å²) in [5.74, 6) is -3.62. The van der Waals surface area contributed by atoms with Gasteiger partial charge >= 0.3 is 0 Å². The lowest BCUT2D eigenvalue weighted by Crippen LogP contribution is -2.56. The van der Waals surface area contributed by atoms with Gasteiger partial charge in [-0.15, -0.1) is 0 Å². The third-order valence-electron chi connectivity index (χ3n) is 3.28. The summed E-state index contributed by atoms with van der Waals surface area (Å²) in [5.41, 5.74) is 0.952. The van der Waals surface area contributed by atoms with E-state index in [-0.39, 0.29) is 5.56 Å². The van der Waals surface area contributed by atoms with Crippen LogP contribution in [-0.2, 0) is 0 Å². The first-order valence-corrected chi connectivity index (χ1v) is 8.11. The summed E-state index contributed by atoms with van der Waals surface area (Å²) in [4.78, 5) is 29.0. The van der Waals surface area contributed by atoms with Crippen LogP contribution in [0.4, 0.5) is 8.78 Å². The molecular formula is C17H16BrF2N3O2. The number of hydrogen-bond donors (Lipinski definition) is 1. The number of carbonyl (C=O) groups excluding carboxylic acids is 2. The van der Waals surface area contributed by atoms with E-state index in [2.05, 4.69) is 26.3 Å². The predicted octanol–water partition coefficient (Wildman–Crippen LogP) is 3.71. The third kappa shape index (κ3) is 4.19. The Balaban J connectivity index is 2.38. The van der Waals surface area contributed by atoms with Crippen LogP contribution >= 0.6 is 15.9 Å². The summed E-state index contributed by atoms with van der Waals surface area (Å²) in [6, 6.07) is 4.57. The normalized spacial score (nSPS) is 11.1. The molecule has 0 fully saturated rings. The topological polar surface area (TPSA) is 62.3 Å². The summed E-state index contributed by atoms with van der Waals surface area (Å²) in [6.45, 7) is 5.04. The number of amides is 2. The lowest BCUT2D eigenvalue weighted by atomic mass is 10.1. The second kappa shape index (κ2) is 7.26. The largest absolute Gasteiger partial charge is 0.275 e. The average Bonchev–Trinajstić information content (AvgIpc) is 2.51. The van der Waals surface area contributed by atoms with E-state index in [0.717, 1.165) is 23.2 Å². The Labute approximate surface area is 152 Å². The molecule has 0 aliphatic heterocycles. The Hall–Kier alpha value is -2.35. The van der Waals surface area contributed by atoms with Gasteiger partial charge in [0.25, 0.3) is 11.8 Å². The van der Waals surface area contributed by atoms with Crippen molar-refractivity contribution < 1.29 is 18.4 Å². The number of rotatable bonds is 2. The monoisotopic (exact) mass is 411 g/mol. The first-order chi connectivity index (χ1) is 11.6. The van der Waals surface area contributed by atoms with Crippen molar-refractivity contribution >= 4 is 27.7 Å². The average molecular weight is 412 g/mol. The molecule has 0 radical (unpaired) electrons. The number of nitrogens with one attached hydrogen (secondary N) is 1. The lowest BCUT2D eigenvalue weighted by molar-refractivity contribution is 0.0354. The van der Waals surface area contributed by atoms with E-state index in [4.69, 9.17) is 0 Å². The van der Waals surface area contributed by atoms with Crippen LogP contribution in [0.5, 0.6) is 0 Å². The molecule has 8 heteroatoms. The van der Waals surface area contributed by atoms with Crippen LogP contribution in [0.3, 0.4) is 0 Å². The van der Waals surface area contributed by atoms with Crippen molar-refractivity contribution in [3.05, 3.63) is 63.9 Å². The second-order valence-corrected chi connectivity index (χ2v) is 7.06. The summed E-state index contributed by atoms with van der Waals surface area (Å²) in [7, 11) is 0. The molecule has 5 nitrogen and oxygen atoms in total. The van der Waals surface area contributed by atoms with E-state index in [0.29, 0.717) is 4.47 Å². The van der Waals surface area contributed by atoms with Crippen LogP contribution < -0.4 is 5.43 Å². The standard InChI is InChI=1S/C17H16BrF2N3O2/c1-17(2,3)23(16(25)10-7-8-21-9-11(10)18)22-15(24)14-12(19)5-4-6-13(14)20/h4-9H,1-3H3,(H,22,24). The van der Waals surface area contributed by atoms with Gasteiger partial charge in [-0.1, -0.05) is 6.07 Å². The summed E-state index contributed by atoms with van der Waals surface area (Å²) in [5, 5.41) is 1.03. The Bertz CT molecular complexity index is 802. The van der Waals surface area contributed by atoms with E-state index < -0.39 is 34.6 Å². The summed E-state index contributed by atoms with van der Waals surface area (Å²) in [6.07, 6.45) is 2.86. The van der Waals surface area contributed by atoms with Crippen molar-refractivity contribution in [3.8, 4) is 0 Å². The maximum absolute atomic E-state index is 13.8. The van der Waals surface area contributed by atoms with Gasteiger partial charge in [0.2, 0.25) is 0 Å². The van der Waals surface area contributed by atoms with Gasteiger partial charge in [0, 0.05) is 16.9 Å². The molecule has 2 rings (SSSR count). The molecule has 0 aliphatic rings. The van der Waals surface area contributed by atoms with Gasteiger partial charge < -0.3 is 0 Å². The maximum atomic E-state index is 13.8. The smallest absolute Gasteiger partial charge is 0.267 e. The van der Waals surface area contributed by atoms with Crippen molar-refractivity contribution in [2.24, 2.45) is 0 Å². The molecule has 0 atom stereocenters. The molecule has 2 amide bonds. The van der Waals surface area contributed by atoms with Gasteiger partial charge in [0.05, 0.1) is 11.1 Å². The minimum absolute atomic E-state index is 0.249. The number of carbonyl (C=O) groups is 2. The van der Waals surface area contributed by atoms with Crippen LogP contribution in [0.1, 0.15) is 41.5 Å². The van der Waals surface area contributed by atoms with E-state index in [1.54, 1.807) is 20.8 Å². The second-order valence-electron chi connectivity index (χ2n) is 6.20. The van der Waals surface area contributed by atoms with Crippen molar-refractivity contribution in [1.29, 1.82) is 0 Å². The Morgan fingerprint density at radius 2 is 1.76 bits per heavy atom. The fourth-order valence-corrected chi connectivity index (χ4v) is 2.48. The Morgan fingerprint density at radius 1 is 1.16 bits per heavy atom. The van der Waals surface area contributed by atoms with E-state index >= 15 is 0 Å². The molecule has 1 aromatic carbocycles. The van der Waals surface area contributed by atoms with Crippen LogP contribution in [-0.4, -0.2) is 27.3 Å². The van der Waals surface area contributed by atoms with Gasteiger partial charge in [-0.25, -0.2) is 13.8 Å². The fraction of sp³-hybridized carbons (Fsp3) is 0.235. The van der Waals surface area contributed by atoms with Gasteiger partial charge in [-0.2, -0.15) is 0 Å². The van der Waals surface area contributed by atoms with Crippen LogP contribution in [0.15, 0.2) is 41.1 Å². The van der Waals surface area contributed by atoms with Crippen LogP contribution in [0.25, 0.3) is 0 Å². The zero-order valence-corrected chi connectivity index (χ0v) is 15.4. The number of hydrazine groups is 1. The Morgan fingerprint density at radius 3 is 2.28 bits per heavy atom. The molecule has 1 aromatic heterocycles. The number of halogens is 3. The number of pyridine rings is 1. The van der Waals surface area contributed by atoms with E-state index in [9.17, 15) is 18.4 Å². The number of nitrogens with zero attached hydrogens (tertiary/aromatic N) is 2. The molecule has 0 bridgehead atoms. The molecule has 132 valence electrons. The molecule has 0 unspecified atom stereocenters. The van der Waals surface area contributed by atoms with Gasteiger partial charge in [0.1, 0.15) is 17.2 Å². The summed E-state index contributed by atoms with van der Waals surface area (Å²) < 4.78 is 28.1. The van der Waals surface area contributed by atoms with Crippen molar-refractivity contribution in [2.45, 2.75) is 26.3 Å². The highest BCUT2D eigenvalue weighted by molar-refractivity contribution is 9.10. The molecule has 0 saturated heterocycles. The number of hydrogen-bond acceptors (Lipinski definition) is 3. The van der Waals surface area contributed by atoms with Crippen molar-refractivity contribution in [2.75, 3.05) is 0 Å². The molecule has 0 saturated carbocycles. The highest BCUT2D eigenvalue weighted by atomic mass is 79.9. The summed E-state index contributed by atoms with van der Waals surface area (Å²) >= 11 is 3.22. The molecule has 25 heavy (non-hydrogen) atoms. The minimum Gasteiger partial charge on any atom is -0.267 e. The van der Waals surface area contributed by atoms with Gasteiger partial charge in [-0.05, 0) is 54.9 Å². The lowest BCUT2D eigenvalue weighted by Gasteiger charge is -2.35. The number of benzene rings is 1. The Kier molecular flexibility index (Phi) is 5.52. The zero-order chi connectivity index (χ0) is 18.8. The first kappa shape index (κ1) is 19.0. The third-order valence-corrected chi connectivity index (χ3v) is 3.91. The highest BCUT2D eigenvalue weighted by Gasteiger charge is 2.31. The number of aromatic nitrogens is 1. The van der Waals surface area contributed by atoms with E-state index in [1.165, 1.54) is 18.5 Å². The molecule has 1 N–H and O–H groups in total. The molecule has 1 heterocycles. The SMILES string of the molecule is CC(C)(C)N(NC(=O)c1c(F)cccc1F)C(=O)c1ccncc1Br. The predicted molar refractivity (Wildman–Crippen MR) is 91.7 cm³/mol. The fourth-order valence-electron chi connectivity index (χ4n) is 2.06. The van der Waals surface area contributed by atoms with Gasteiger partial charge in [0.15, 0.2) is 0 Å². The zero-order valence-electron chi connectivity index (χ0n) is 13.8. The molecule has 0 aliphatic carbocycles. The van der Waals surface area contributed by atoms with Crippen molar-refractivity contribution in [1.82, 2.24) is 15.4 Å². The first-order valence-electron chi connectivity index (χ1n) is 7.32. The molecule has 0 spiro atoms. The molecule has 2 aromatic rings.